The third kappa shape index (κ3) is 4.65. The van der Waals surface area contributed by atoms with Crippen molar-refractivity contribution in [2.24, 2.45) is 5.92 Å². The second kappa shape index (κ2) is 7.71. The van der Waals surface area contributed by atoms with Gasteiger partial charge in [-0.15, -0.1) is 11.3 Å². The van der Waals surface area contributed by atoms with E-state index in [1.54, 1.807) is 0 Å². The van der Waals surface area contributed by atoms with Gasteiger partial charge in [0.1, 0.15) is 5.01 Å². The van der Waals surface area contributed by atoms with Gasteiger partial charge in [-0.1, -0.05) is 44.5 Å². The molecule has 0 unspecified atom stereocenters. The maximum Gasteiger partial charge on any atom is 0.123 e. The molecule has 114 valence electrons. The minimum Gasteiger partial charge on any atom is -0.312 e. The molecule has 1 N–H and O–H groups in total. The van der Waals surface area contributed by atoms with Gasteiger partial charge in [-0.3, -0.25) is 0 Å². The Morgan fingerprint density at radius 1 is 1.29 bits per heavy atom. The van der Waals surface area contributed by atoms with Gasteiger partial charge in [0.25, 0.3) is 0 Å². The molecule has 1 heterocycles. The van der Waals surface area contributed by atoms with Crippen LogP contribution < -0.4 is 5.32 Å². The molecule has 0 aliphatic carbocycles. The molecule has 0 saturated heterocycles. The molecule has 0 radical (unpaired) electrons. The van der Waals surface area contributed by atoms with E-state index in [4.69, 9.17) is 4.98 Å². The molecule has 3 heteroatoms. The van der Waals surface area contributed by atoms with Gasteiger partial charge in [0.15, 0.2) is 0 Å². The van der Waals surface area contributed by atoms with Gasteiger partial charge >= 0.3 is 0 Å². The third-order valence-electron chi connectivity index (χ3n) is 3.36. The van der Waals surface area contributed by atoms with Crippen LogP contribution in [0.5, 0.6) is 0 Å². The van der Waals surface area contributed by atoms with Gasteiger partial charge in [0, 0.05) is 17.0 Å². The second-order valence-electron chi connectivity index (χ2n) is 6.03. The van der Waals surface area contributed by atoms with Crippen molar-refractivity contribution in [3.05, 3.63) is 40.4 Å². The molecular weight excluding hydrogens is 276 g/mol. The van der Waals surface area contributed by atoms with E-state index in [-0.39, 0.29) is 0 Å². The van der Waals surface area contributed by atoms with Crippen LogP contribution in [0.15, 0.2) is 24.3 Å². The Hall–Kier alpha value is -1.19. The topological polar surface area (TPSA) is 24.9 Å². The first-order chi connectivity index (χ1) is 10.1. The number of nitrogens with zero attached hydrogens (tertiary/aromatic N) is 1. The van der Waals surface area contributed by atoms with E-state index in [1.165, 1.54) is 28.1 Å². The lowest BCUT2D eigenvalue weighted by atomic mass is 10.1. The Kier molecular flexibility index (Phi) is 5.95. The van der Waals surface area contributed by atoms with Crippen molar-refractivity contribution in [2.75, 3.05) is 6.54 Å². The lowest BCUT2D eigenvalue weighted by Crippen LogP contribution is -2.14. The predicted molar refractivity (Wildman–Crippen MR) is 92.8 cm³/mol. The molecule has 21 heavy (non-hydrogen) atoms. The molecule has 0 spiro atoms. The fraction of sp³-hybridized carbons (Fsp3) is 0.500. The van der Waals surface area contributed by atoms with E-state index >= 15 is 0 Å². The molecule has 0 bridgehead atoms. The Balaban J connectivity index is 2.26. The average Bonchev–Trinajstić information content (AvgIpc) is 2.81. The minimum atomic E-state index is 0.641. The van der Waals surface area contributed by atoms with Crippen molar-refractivity contribution in [1.29, 1.82) is 0 Å². The molecular formula is C18H26N2S. The number of aryl methyl sites for hydroxylation is 1. The highest BCUT2D eigenvalue weighted by molar-refractivity contribution is 7.15. The molecule has 0 atom stereocenters. The van der Waals surface area contributed by atoms with E-state index < -0.39 is 0 Å². The minimum absolute atomic E-state index is 0.641. The summed E-state index contributed by atoms with van der Waals surface area (Å²) in [6, 6.07) is 8.63. The summed E-state index contributed by atoms with van der Waals surface area (Å²) in [4.78, 5) is 6.32. The summed E-state index contributed by atoms with van der Waals surface area (Å²) >= 11 is 1.84. The first-order valence-corrected chi connectivity index (χ1v) is 8.68. The van der Waals surface area contributed by atoms with Crippen molar-refractivity contribution in [1.82, 2.24) is 10.3 Å². The SMILES string of the molecule is CCCNCc1sc(-c2cccc(C)c2)nc1CC(C)C. The van der Waals surface area contributed by atoms with E-state index in [2.05, 4.69) is 57.3 Å². The molecule has 0 aliphatic rings. The van der Waals surface area contributed by atoms with E-state index in [9.17, 15) is 0 Å². The fourth-order valence-corrected chi connectivity index (χ4v) is 3.40. The van der Waals surface area contributed by atoms with Gasteiger partial charge in [0.2, 0.25) is 0 Å². The fourth-order valence-electron chi connectivity index (χ4n) is 2.35. The number of aromatic nitrogens is 1. The van der Waals surface area contributed by atoms with Crippen LogP contribution >= 0.6 is 11.3 Å². The summed E-state index contributed by atoms with van der Waals surface area (Å²) in [7, 11) is 0. The lowest BCUT2D eigenvalue weighted by Gasteiger charge is -2.05. The van der Waals surface area contributed by atoms with Crippen molar-refractivity contribution < 1.29 is 0 Å². The van der Waals surface area contributed by atoms with Crippen LogP contribution in [0.3, 0.4) is 0 Å². The monoisotopic (exact) mass is 302 g/mol. The van der Waals surface area contributed by atoms with Crippen LogP contribution in [-0.4, -0.2) is 11.5 Å². The third-order valence-corrected chi connectivity index (χ3v) is 4.50. The zero-order valence-corrected chi connectivity index (χ0v) is 14.4. The van der Waals surface area contributed by atoms with Crippen LogP contribution in [0.4, 0.5) is 0 Å². The zero-order chi connectivity index (χ0) is 15.2. The Bertz CT molecular complexity index is 572. The summed E-state index contributed by atoms with van der Waals surface area (Å²) in [5.41, 5.74) is 3.81. The number of rotatable bonds is 7. The normalized spacial score (nSPS) is 11.3. The van der Waals surface area contributed by atoms with Crippen molar-refractivity contribution in [3.63, 3.8) is 0 Å². The smallest absolute Gasteiger partial charge is 0.123 e. The Morgan fingerprint density at radius 3 is 2.76 bits per heavy atom. The molecule has 0 saturated carbocycles. The summed E-state index contributed by atoms with van der Waals surface area (Å²) in [6.07, 6.45) is 2.23. The summed E-state index contributed by atoms with van der Waals surface area (Å²) in [6.45, 7) is 10.9. The highest BCUT2D eigenvalue weighted by Crippen LogP contribution is 2.30. The molecule has 1 aromatic heterocycles. The van der Waals surface area contributed by atoms with Gasteiger partial charge in [-0.2, -0.15) is 0 Å². The van der Waals surface area contributed by atoms with Crippen LogP contribution in [-0.2, 0) is 13.0 Å². The van der Waals surface area contributed by atoms with Gasteiger partial charge in [0.05, 0.1) is 5.69 Å². The number of hydrogen-bond acceptors (Lipinski definition) is 3. The maximum atomic E-state index is 4.92. The summed E-state index contributed by atoms with van der Waals surface area (Å²) in [5, 5.41) is 4.67. The first kappa shape index (κ1) is 16.2. The second-order valence-corrected chi connectivity index (χ2v) is 7.12. The van der Waals surface area contributed by atoms with Crippen LogP contribution in [0.1, 0.15) is 43.3 Å². The van der Waals surface area contributed by atoms with Crippen LogP contribution in [0.2, 0.25) is 0 Å². The van der Waals surface area contributed by atoms with E-state index in [0.29, 0.717) is 5.92 Å². The van der Waals surface area contributed by atoms with E-state index in [1.807, 2.05) is 11.3 Å². The molecule has 2 aromatic rings. The summed E-state index contributed by atoms with van der Waals surface area (Å²) < 4.78 is 0. The number of nitrogens with one attached hydrogen (secondary N) is 1. The van der Waals surface area contributed by atoms with Crippen molar-refractivity contribution >= 4 is 11.3 Å². The maximum absolute atomic E-state index is 4.92. The first-order valence-electron chi connectivity index (χ1n) is 7.86. The van der Waals surface area contributed by atoms with Gasteiger partial charge in [-0.05, 0) is 38.3 Å². The standard InChI is InChI=1S/C18H26N2S/c1-5-9-19-12-17-16(10-13(2)3)20-18(21-17)15-8-6-7-14(4)11-15/h6-8,11,13,19H,5,9-10,12H2,1-4H3. The number of hydrogen-bond donors (Lipinski definition) is 1. The molecule has 1 aromatic carbocycles. The van der Waals surface area contributed by atoms with Gasteiger partial charge < -0.3 is 5.32 Å². The molecule has 0 aliphatic heterocycles. The summed E-state index contributed by atoms with van der Waals surface area (Å²) in [5.74, 6) is 0.641. The zero-order valence-electron chi connectivity index (χ0n) is 13.6. The number of thiazole rings is 1. The quantitative estimate of drug-likeness (QED) is 0.742. The molecule has 2 nitrogen and oxygen atoms in total. The van der Waals surface area contributed by atoms with Gasteiger partial charge in [-0.25, -0.2) is 4.98 Å². The Morgan fingerprint density at radius 2 is 2.10 bits per heavy atom. The predicted octanol–water partition coefficient (Wildman–Crippen LogP) is 4.82. The molecule has 0 amide bonds. The van der Waals surface area contributed by atoms with Crippen LogP contribution in [0.25, 0.3) is 10.6 Å². The molecule has 2 rings (SSSR count). The average molecular weight is 302 g/mol. The van der Waals surface area contributed by atoms with E-state index in [0.717, 1.165) is 24.5 Å². The largest absolute Gasteiger partial charge is 0.312 e. The molecule has 0 fully saturated rings. The lowest BCUT2D eigenvalue weighted by molar-refractivity contribution is 0.623. The number of benzene rings is 1. The van der Waals surface area contributed by atoms with Crippen LogP contribution in [0, 0.1) is 12.8 Å². The van der Waals surface area contributed by atoms with Crippen molar-refractivity contribution in [2.45, 2.75) is 47.1 Å². The highest BCUT2D eigenvalue weighted by atomic mass is 32.1. The van der Waals surface area contributed by atoms with Crippen molar-refractivity contribution in [3.8, 4) is 10.6 Å². The highest BCUT2D eigenvalue weighted by Gasteiger charge is 2.13. The Labute approximate surface area is 132 Å².